The number of rotatable bonds is 6. The minimum atomic E-state index is -2.27. The van der Waals surface area contributed by atoms with Crippen LogP contribution in [-0.2, 0) is 0 Å². The minimum absolute atomic E-state index is 0.131. The van der Waals surface area contributed by atoms with Crippen molar-refractivity contribution < 1.29 is 18.3 Å². The van der Waals surface area contributed by atoms with Gasteiger partial charge in [0.05, 0.1) is 13.7 Å². The third kappa shape index (κ3) is 4.94. The Bertz CT molecular complexity index is 489. The molecule has 0 saturated carbocycles. The zero-order chi connectivity index (χ0) is 15.9. The summed E-state index contributed by atoms with van der Waals surface area (Å²) in [6.45, 7) is 1.77. The molecular weight excluding hydrogens is 290 g/mol. The van der Waals surface area contributed by atoms with Crippen molar-refractivity contribution in [3.8, 4) is 5.75 Å². The number of carbonyl (C=O) groups is 1. The smallest absolute Gasteiger partial charge is 0.251 e. The second-order valence-corrected chi connectivity index (χ2v) is 5.58. The summed E-state index contributed by atoms with van der Waals surface area (Å²) >= 11 is 0. The van der Waals surface area contributed by atoms with Gasteiger partial charge in [0.2, 0.25) is 0 Å². The van der Waals surface area contributed by atoms with Gasteiger partial charge in [0, 0.05) is 12.1 Å². The first-order valence-electron chi connectivity index (χ1n) is 7.51. The molecule has 1 heterocycles. The number of alkyl halides is 2. The predicted octanol–water partition coefficient (Wildman–Crippen LogP) is 2.40. The Morgan fingerprint density at radius 1 is 1.41 bits per heavy atom. The van der Waals surface area contributed by atoms with Crippen molar-refractivity contribution in [2.75, 3.05) is 33.3 Å². The second kappa shape index (κ2) is 8.08. The van der Waals surface area contributed by atoms with Crippen LogP contribution < -0.4 is 10.1 Å². The molecule has 1 aliphatic rings. The van der Waals surface area contributed by atoms with Crippen LogP contribution in [-0.4, -0.2) is 50.5 Å². The number of ether oxygens (including phenoxy) is 1. The number of halogens is 2. The van der Waals surface area contributed by atoms with Gasteiger partial charge in [-0.1, -0.05) is 6.07 Å². The lowest BCUT2D eigenvalue weighted by molar-refractivity contribution is 0.0683. The zero-order valence-corrected chi connectivity index (χ0v) is 12.7. The van der Waals surface area contributed by atoms with Crippen molar-refractivity contribution in [3.63, 3.8) is 0 Å². The maximum Gasteiger partial charge on any atom is 0.251 e. The molecule has 0 bridgehead atoms. The molecule has 1 fully saturated rings. The summed E-state index contributed by atoms with van der Waals surface area (Å²) in [7, 11) is 1.56. The van der Waals surface area contributed by atoms with Crippen LogP contribution >= 0.6 is 0 Å². The Hall–Kier alpha value is -1.69. The van der Waals surface area contributed by atoms with Gasteiger partial charge in [0.1, 0.15) is 5.75 Å². The first-order valence-corrected chi connectivity index (χ1v) is 7.51. The summed E-state index contributed by atoms with van der Waals surface area (Å²) in [4.78, 5) is 13.9. The third-order valence-electron chi connectivity index (χ3n) is 3.99. The van der Waals surface area contributed by atoms with E-state index in [0.717, 1.165) is 12.8 Å². The van der Waals surface area contributed by atoms with Gasteiger partial charge < -0.3 is 10.1 Å². The highest BCUT2D eigenvalue weighted by molar-refractivity contribution is 5.94. The molecule has 1 aromatic carbocycles. The number of piperidine rings is 1. The lowest BCUT2D eigenvalue weighted by atomic mass is 9.96. The Labute approximate surface area is 129 Å². The molecule has 2 rings (SSSR count). The maximum atomic E-state index is 12.3. The van der Waals surface area contributed by atoms with Crippen LogP contribution in [0.15, 0.2) is 24.3 Å². The van der Waals surface area contributed by atoms with Gasteiger partial charge in [-0.25, -0.2) is 8.78 Å². The highest BCUT2D eigenvalue weighted by Gasteiger charge is 2.21. The molecule has 6 heteroatoms. The Morgan fingerprint density at radius 3 is 2.77 bits per heavy atom. The van der Waals surface area contributed by atoms with Gasteiger partial charge in [-0.05, 0) is 50.0 Å². The first kappa shape index (κ1) is 16.7. The molecule has 0 radical (unpaired) electrons. The standard InChI is InChI=1S/C16H22F2N2O2/c1-22-14-4-2-3-13(9-14)16(21)19-10-12-5-7-20(8-6-12)11-15(17)18/h2-4,9,12,15H,5-8,10-11H2,1H3,(H,19,21). The lowest BCUT2D eigenvalue weighted by Crippen LogP contribution is -2.40. The van der Waals surface area contributed by atoms with Gasteiger partial charge in [-0.3, -0.25) is 9.69 Å². The van der Waals surface area contributed by atoms with E-state index in [9.17, 15) is 13.6 Å². The highest BCUT2D eigenvalue weighted by Crippen LogP contribution is 2.18. The molecule has 1 amide bonds. The quantitative estimate of drug-likeness (QED) is 0.877. The molecule has 0 aliphatic carbocycles. The van der Waals surface area contributed by atoms with E-state index in [1.54, 1.807) is 36.3 Å². The van der Waals surface area contributed by atoms with Gasteiger partial charge in [-0.15, -0.1) is 0 Å². The van der Waals surface area contributed by atoms with Crippen molar-refractivity contribution in [3.05, 3.63) is 29.8 Å². The van der Waals surface area contributed by atoms with E-state index < -0.39 is 6.43 Å². The molecule has 0 unspecified atom stereocenters. The number of nitrogens with zero attached hydrogens (tertiary/aromatic N) is 1. The molecule has 1 N–H and O–H groups in total. The molecule has 4 nitrogen and oxygen atoms in total. The molecule has 0 spiro atoms. The summed E-state index contributed by atoms with van der Waals surface area (Å²) in [6, 6.07) is 7.00. The number of hydrogen-bond donors (Lipinski definition) is 1. The fourth-order valence-corrected chi connectivity index (χ4v) is 2.67. The van der Waals surface area contributed by atoms with Gasteiger partial charge in [0.15, 0.2) is 0 Å². The van der Waals surface area contributed by atoms with E-state index in [2.05, 4.69) is 5.32 Å². The summed E-state index contributed by atoms with van der Waals surface area (Å²) in [5, 5.41) is 2.91. The molecule has 1 saturated heterocycles. The van der Waals surface area contributed by atoms with E-state index in [1.807, 2.05) is 0 Å². The van der Waals surface area contributed by atoms with Crippen LogP contribution in [0.3, 0.4) is 0 Å². The molecule has 1 aliphatic heterocycles. The van der Waals surface area contributed by atoms with Crippen LogP contribution in [0, 0.1) is 5.92 Å². The van der Waals surface area contributed by atoms with Crippen LogP contribution in [0.1, 0.15) is 23.2 Å². The van der Waals surface area contributed by atoms with Crippen LogP contribution in [0.5, 0.6) is 5.75 Å². The van der Waals surface area contributed by atoms with Crippen molar-refractivity contribution in [2.45, 2.75) is 19.3 Å². The van der Waals surface area contributed by atoms with Crippen molar-refractivity contribution in [1.29, 1.82) is 0 Å². The maximum absolute atomic E-state index is 12.3. The largest absolute Gasteiger partial charge is 0.497 e. The van der Waals surface area contributed by atoms with E-state index in [4.69, 9.17) is 4.74 Å². The van der Waals surface area contributed by atoms with E-state index >= 15 is 0 Å². The molecule has 0 atom stereocenters. The predicted molar refractivity (Wildman–Crippen MR) is 80.5 cm³/mol. The van der Waals surface area contributed by atoms with Crippen LogP contribution in [0.2, 0.25) is 0 Å². The monoisotopic (exact) mass is 312 g/mol. The topological polar surface area (TPSA) is 41.6 Å². The van der Waals surface area contributed by atoms with E-state index in [-0.39, 0.29) is 12.5 Å². The summed E-state index contributed by atoms with van der Waals surface area (Å²) in [6.07, 6.45) is -0.597. The minimum Gasteiger partial charge on any atom is -0.497 e. The normalized spacial score (nSPS) is 16.7. The number of methoxy groups -OCH3 is 1. The zero-order valence-electron chi connectivity index (χ0n) is 12.7. The van der Waals surface area contributed by atoms with Crippen molar-refractivity contribution in [1.82, 2.24) is 10.2 Å². The van der Waals surface area contributed by atoms with Crippen LogP contribution in [0.25, 0.3) is 0 Å². The molecule has 122 valence electrons. The molecule has 0 aromatic heterocycles. The Balaban J connectivity index is 1.75. The SMILES string of the molecule is COc1cccc(C(=O)NCC2CCN(CC(F)F)CC2)c1. The summed E-state index contributed by atoms with van der Waals surface area (Å²) in [5.41, 5.74) is 0.564. The average molecular weight is 312 g/mol. The van der Waals surface area contributed by atoms with Crippen molar-refractivity contribution in [2.24, 2.45) is 5.92 Å². The molecule has 1 aromatic rings. The Kier molecular flexibility index (Phi) is 6.12. The fraction of sp³-hybridized carbons (Fsp3) is 0.562. The number of amides is 1. The Morgan fingerprint density at radius 2 is 2.14 bits per heavy atom. The highest BCUT2D eigenvalue weighted by atomic mass is 19.3. The number of benzene rings is 1. The molecular formula is C16H22F2N2O2. The van der Waals surface area contributed by atoms with E-state index in [1.165, 1.54) is 0 Å². The molecule has 22 heavy (non-hydrogen) atoms. The summed E-state index contributed by atoms with van der Waals surface area (Å²) < 4.78 is 29.7. The van der Waals surface area contributed by atoms with E-state index in [0.29, 0.717) is 36.9 Å². The third-order valence-corrected chi connectivity index (χ3v) is 3.99. The number of nitrogens with one attached hydrogen (secondary N) is 1. The van der Waals surface area contributed by atoms with Crippen LogP contribution in [0.4, 0.5) is 8.78 Å². The lowest BCUT2D eigenvalue weighted by Gasteiger charge is -2.31. The van der Waals surface area contributed by atoms with Gasteiger partial charge in [0.25, 0.3) is 12.3 Å². The number of carbonyl (C=O) groups excluding carboxylic acids is 1. The van der Waals surface area contributed by atoms with Crippen molar-refractivity contribution >= 4 is 5.91 Å². The fourth-order valence-electron chi connectivity index (χ4n) is 2.67. The average Bonchev–Trinajstić information content (AvgIpc) is 2.53. The van der Waals surface area contributed by atoms with Gasteiger partial charge >= 0.3 is 0 Å². The number of hydrogen-bond acceptors (Lipinski definition) is 3. The number of likely N-dealkylation sites (tertiary alicyclic amines) is 1. The second-order valence-electron chi connectivity index (χ2n) is 5.58. The first-order chi connectivity index (χ1) is 10.6. The summed E-state index contributed by atoms with van der Waals surface area (Å²) in [5.74, 6) is 0.866. The van der Waals surface area contributed by atoms with Gasteiger partial charge in [-0.2, -0.15) is 0 Å².